The van der Waals surface area contributed by atoms with Gasteiger partial charge in [-0.1, -0.05) is 31.0 Å². The number of aryl methyl sites for hydroxylation is 1. The minimum atomic E-state index is -3.86. The lowest BCUT2D eigenvalue weighted by Gasteiger charge is -2.30. The molecule has 0 atom stereocenters. The molecule has 2 fully saturated rings. The zero-order chi connectivity index (χ0) is 23.1. The smallest absolute Gasteiger partial charge is 0.322 e. The Morgan fingerprint density at radius 3 is 2.66 bits per heavy atom. The second-order valence-corrected chi connectivity index (χ2v) is 10.4. The minimum Gasteiger partial charge on any atom is -0.322 e. The molecule has 1 aromatic carbocycles. The summed E-state index contributed by atoms with van der Waals surface area (Å²) in [6, 6.07) is 3.79. The molecule has 0 radical (unpaired) electrons. The Hall–Kier alpha value is -2.64. The maximum Gasteiger partial charge on any atom is 0.344 e. The Morgan fingerprint density at radius 1 is 1.28 bits per heavy atom. The number of primary sulfonamides is 1. The van der Waals surface area contributed by atoms with Crippen molar-refractivity contribution in [2.24, 2.45) is 5.14 Å². The molecule has 0 bridgehead atoms. The number of nitrogens with two attached hydrogens (primary N) is 1. The highest BCUT2D eigenvalue weighted by Gasteiger charge is 2.52. The zero-order valence-electron chi connectivity index (χ0n) is 17.5. The fraction of sp³-hybridized carbons (Fsp3) is 0.474. The molecule has 4 rings (SSSR count). The van der Waals surface area contributed by atoms with Crippen molar-refractivity contribution in [1.29, 1.82) is 0 Å². The fourth-order valence-corrected chi connectivity index (χ4v) is 5.59. The lowest BCUT2D eigenvalue weighted by molar-refractivity contribution is -0.139. The number of thioether (sulfide) groups is 1. The molecule has 172 valence electrons. The lowest BCUT2D eigenvalue weighted by atomic mass is 9.82. The van der Waals surface area contributed by atoms with Crippen LogP contribution in [0.4, 0.5) is 4.79 Å². The van der Waals surface area contributed by atoms with Crippen molar-refractivity contribution >= 4 is 50.7 Å². The molecule has 0 unspecified atom stereocenters. The number of hydrogen-bond acceptors (Lipinski definition) is 7. The maximum atomic E-state index is 12.8. The normalized spacial score (nSPS) is 18.4. The van der Waals surface area contributed by atoms with E-state index in [0.29, 0.717) is 35.6 Å². The zero-order valence-corrected chi connectivity index (χ0v) is 19.1. The van der Waals surface area contributed by atoms with Crippen LogP contribution in [0.2, 0.25) is 0 Å². The van der Waals surface area contributed by atoms with E-state index < -0.39 is 33.4 Å². The standard InChI is InChI=1S/C19H24N6O5S2/c1-2-24-14-7-6-12(32(20,29)30)10-13(14)21-18(24)31-11-15(26)23-25-16(27)19(22-17(25)28)8-4-3-5-9-19/h6-7,10H,2-5,8-9,11H2,1H3,(H,22,28)(H,23,26)(H2,20,29,30). The Kier molecular flexibility index (Phi) is 5.90. The van der Waals surface area contributed by atoms with E-state index >= 15 is 0 Å². The average molecular weight is 481 g/mol. The highest BCUT2D eigenvalue weighted by Crippen LogP contribution is 2.33. The van der Waals surface area contributed by atoms with Crippen LogP contribution in [0.3, 0.4) is 0 Å². The summed E-state index contributed by atoms with van der Waals surface area (Å²) >= 11 is 1.12. The lowest BCUT2D eigenvalue weighted by Crippen LogP contribution is -2.51. The Bertz CT molecular complexity index is 1200. The number of urea groups is 1. The summed E-state index contributed by atoms with van der Waals surface area (Å²) in [5.74, 6) is -1.03. The number of sulfonamides is 1. The fourth-order valence-electron chi connectivity index (χ4n) is 4.18. The molecule has 1 aliphatic heterocycles. The van der Waals surface area contributed by atoms with E-state index in [4.69, 9.17) is 5.14 Å². The summed E-state index contributed by atoms with van der Waals surface area (Å²) in [5, 5.41) is 9.21. The van der Waals surface area contributed by atoms with Gasteiger partial charge in [-0.15, -0.1) is 0 Å². The summed E-state index contributed by atoms with van der Waals surface area (Å²) in [7, 11) is -3.86. The Balaban J connectivity index is 1.46. The van der Waals surface area contributed by atoms with Gasteiger partial charge in [-0.2, -0.15) is 5.01 Å². The second-order valence-electron chi connectivity index (χ2n) is 7.87. The highest BCUT2D eigenvalue weighted by molar-refractivity contribution is 7.99. The number of amides is 4. The van der Waals surface area contributed by atoms with E-state index in [2.05, 4.69) is 15.7 Å². The molecule has 1 aliphatic carbocycles. The number of nitrogens with zero attached hydrogens (tertiary/aromatic N) is 3. The predicted molar refractivity (Wildman–Crippen MR) is 117 cm³/mol. The van der Waals surface area contributed by atoms with Crippen molar-refractivity contribution in [3.05, 3.63) is 18.2 Å². The average Bonchev–Trinajstić information content (AvgIpc) is 3.21. The van der Waals surface area contributed by atoms with Crippen molar-refractivity contribution in [3.8, 4) is 0 Å². The van der Waals surface area contributed by atoms with Gasteiger partial charge in [0, 0.05) is 6.54 Å². The number of fused-ring (bicyclic) bond motifs is 1. The summed E-state index contributed by atoms with van der Waals surface area (Å²) in [6.07, 6.45) is 3.86. The second kappa shape index (κ2) is 8.37. The molecule has 1 saturated carbocycles. The molecule has 2 heterocycles. The molecule has 2 aromatic rings. The number of carbonyl (C=O) groups excluding carboxylic acids is 3. The molecule has 4 N–H and O–H groups in total. The molecule has 1 aromatic heterocycles. The van der Waals surface area contributed by atoms with E-state index in [0.717, 1.165) is 36.0 Å². The maximum absolute atomic E-state index is 12.8. The minimum absolute atomic E-state index is 0.0461. The first-order valence-electron chi connectivity index (χ1n) is 10.3. The van der Waals surface area contributed by atoms with E-state index in [1.54, 1.807) is 6.07 Å². The molecule has 32 heavy (non-hydrogen) atoms. The van der Waals surface area contributed by atoms with Crippen LogP contribution in [0.15, 0.2) is 28.3 Å². The van der Waals surface area contributed by atoms with Gasteiger partial charge in [-0.05, 0) is 38.0 Å². The molecule has 1 spiro atoms. The van der Waals surface area contributed by atoms with Crippen LogP contribution in [-0.2, 0) is 26.2 Å². The number of nitrogens with one attached hydrogen (secondary N) is 2. The largest absolute Gasteiger partial charge is 0.344 e. The van der Waals surface area contributed by atoms with Crippen LogP contribution in [0.5, 0.6) is 0 Å². The van der Waals surface area contributed by atoms with Gasteiger partial charge in [0.05, 0.1) is 21.7 Å². The summed E-state index contributed by atoms with van der Waals surface area (Å²) in [4.78, 5) is 41.9. The first-order chi connectivity index (χ1) is 15.1. The number of hydrogen-bond donors (Lipinski definition) is 3. The highest BCUT2D eigenvalue weighted by atomic mass is 32.2. The molecule has 13 heteroatoms. The molecule has 2 aliphatic rings. The number of imidazole rings is 1. The molecular formula is C19H24N6O5S2. The third-order valence-corrected chi connectivity index (χ3v) is 7.65. The predicted octanol–water partition coefficient (Wildman–Crippen LogP) is 1.08. The molecule has 1 saturated heterocycles. The molecular weight excluding hydrogens is 456 g/mol. The first kappa shape index (κ1) is 22.6. The number of rotatable bonds is 6. The van der Waals surface area contributed by atoms with Gasteiger partial charge in [-0.3, -0.25) is 15.0 Å². The molecule has 4 amide bonds. The van der Waals surface area contributed by atoms with E-state index in [9.17, 15) is 22.8 Å². The summed E-state index contributed by atoms with van der Waals surface area (Å²) < 4.78 is 25.0. The monoisotopic (exact) mass is 480 g/mol. The topological polar surface area (TPSA) is 156 Å². The Morgan fingerprint density at radius 2 is 2.00 bits per heavy atom. The van der Waals surface area contributed by atoms with Crippen LogP contribution in [0.25, 0.3) is 11.0 Å². The van der Waals surface area contributed by atoms with Crippen molar-refractivity contribution in [2.75, 3.05) is 5.75 Å². The van der Waals surface area contributed by atoms with E-state index in [1.165, 1.54) is 12.1 Å². The first-order valence-corrected chi connectivity index (χ1v) is 12.8. The number of carbonyl (C=O) groups is 3. The number of benzene rings is 1. The summed E-state index contributed by atoms with van der Waals surface area (Å²) in [6.45, 7) is 2.44. The van der Waals surface area contributed by atoms with Crippen LogP contribution >= 0.6 is 11.8 Å². The van der Waals surface area contributed by atoms with Crippen molar-refractivity contribution < 1.29 is 22.8 Å². The van der Waals surface area contributed by atoms with Gasteiger partial charge in [0.2, 0.25) is 15.9 Å². The van der Waals surface area contributed by atoms with Crippen molar-refractivity contribution in [1.82, 2.24) is 25.3 Å². The number of imide groups is 1. The van der Waals surface area contributed by atoms with Crippen molar-refractivity contribution in [3.63, 3.8) is 0 Å². The number of aromatic nitrogens is 2. The number of hydrazine groups is 1. The van der Waals surface area contributed by atoms with Gasteiger partial charge in [-0.25, -0.2) is 23.3 Å². The quantitative estimate of drug-likeness (QED) is 0.412. The summed E-state index contributed by atoms with van der Waals surface area (Å²) in [5.41, 5.74) is 2.63. The van der Waals surface area contributed by atoms with Gasteiger partial charge >= 0.3 is 6.03 Å². The van der Waals surface area contributed by atoms with Crippen molar-refractivity contribution in [2.45, 2.75) is 61.2 Å². The van der Waals surface area contributed by atoms with Gasteiger partial charge in [0.1, 0.15) is 5.54 Å². The van der Waals surface area contributed by atoms with Crippen LogP contribution in [-0.4, -0.2) is 52.1 Å². The van der Waals surface area contributed by atoms with E-state index in [1.807, 2.05) is 11.5 Å². The van der Waals surface area contributed by atoms with Crippen LogP contribution < -0.4 is 15.9 Å². The van der Waals surface area contributed by atoms with Gasteiger partial charge < -0.3 is 9.88 Å². The van der Waals surface area contributed by atoms with Gasteiger partial charge in [0.25, 0.3) is 5.91 Å². The SMILES string of the molecule is CCn1c(SCC(=O)NN2C(=O)NC3(CCCCC3)C2=O)nc2cc(S(N)(=O)=O)ccc21. The third kappa shape index (κ3) is 4.07. The van der Waals surface area contributed by atoms with Crippen LogP contribution in [0, 0.1) is 0 Å². The van der Waals surface area contributed by atoms with Crippen LogP contribution in [0.1, 0.15) is 39.0 Å². The van der Waals surface area contributed by atoms with E-state index in [-0.39, 0.29) is 10.6 Å². The Labute approximate surface area is 189 Å². The van der Waals surface area contributed by atoms with Gasteiger partial charge in [0.15, 0.2) is 5.16 Å². The third-order valence-electron chi connectivity index (χ3n) is 5.77. The molecule has 11 nitrogen and oxygen atoms in total.